The van der Waals surface area contributed by atoms with Gasteiger partial charge in [-0.15, -0.1) is 0 Å². The minimum absolute atomic E-state index is 0.423. The molecule has 2 atom stereocenters. The molecule has 0 spiro atoms. The van der Waals surface area contributed by atoms with Gasteiger partial charge >= 0.3 is 0 Å². The van der Waals surface area contributed by atoms with Crippen molar-refractivity contribution < 1.29 is 4.79 Å². The van der Waals surface area contributed by atoms with E-state index in [1.54, 1.807) is 0 Å². The number of Topliss-reactive ketones (excluding diaryl/α,β-unsaturated/α-hetero) is 1. The van der Waals surface area contributed by atoms with Gasteiger partial charge in [0, 0.05) is 12.3 Å². The van der Waals surface area contributed by atoms with Crippen molar-refractivity contribution in [3.05, 3.63) is 0 Å². The van der Waals surface area contributed by atoms with Crippen LogP contribution in [0.2, 0.25) is 0 Å². The van der Waals surface area contributed by atoms with Gasteiger partial charge in [0.15, 0.2) is 0 Å². The molecule has 104 valence electrons. The summed E-state index contributed by atoms with van der Waals surface area (Å²) in [5.41, 5.74) is 0. The van der Waals surface area contributed by atoms with Crippen LogP contribution in [0.3, 0.4) is 0 Å². The molecule has 0 heterocycles. The standard InChI is InChI=1S/C17H30O/c1-2-14-10-7-11-16(12-14)17(18)13-15-8-5-3-4-6-9-15/h14-16H,2-13H2,1H3. The Morgan fingerprint density at radius 2 is 1.56 bits per heavy atom. The van der Waals surface area contributed by atoms with Crippen LogP contribution < -0.4 is 0 Å². The van der Waals surface area contributed by atoms with Crippen molar-refractivity contribution >= 4 is 5.78 Å². The van der Waals surface area contributed by atoms with Crippen molar-refractivity contribution in [2.24, 2.45) is 17.8 Å². The molecule has 1 nitrogen and oxygen atoms in total. The van der Waals surface area contributed by atoms with E-state index in [1.165, 1.54) is 70.6 Å². The highest BCUT2D eigenvalue weighted by atomic mass is 16.1. The zero-order chi connectivity index (χ0) is 12.8. The van der Waals surface area contributed by atoms with Gasteiger partial charge in [-0.25, -0.2) is 0 Å². The second kappa shape index (κ2) is 7.31. The number of rotatable bonds is 4. The van der Waals surface area contributed by atoms with Gasteiger partial charge in [0.25, 0.3) is 0 Å². The summed E-state index contributed by atoms with van der Waals surface area (Å²) >= 11 is 0. The van der Waals surface area contributed by atoms with Gasteiger partial charge in [-0.2, -0.15) is 0 Å². The first-order chi connectivity index (χ1) is 8.79. The molecule has 2 unspecified atom stereocenters. The molecule has 0 aromatic rings. The van der Waals surface area contributed by atoms with Crippen molar-refractivity contribution in [2.45, 2.75) is 84.0 Å². The molecule has 1 heteroatoms. The molecule has 2 aliphatic rings. The predicted octanol–water partition coefficient (Wildman–Crippen LogP) is 5.13. The van der Waals surface area contributed by atoms with Crippen LogP contribution in [0.4, 0.5) is 0 Å². The van der Waals surface area contributed by atoms with Gasteiger partial charge in [0.2, 0.25) is 0 Å². The van der Waals surface area contributed by atoms with Gasteiger partial charge in [-0.05, 0) is 24.7 Å². The Balaban J connectivity index is 1.79. The molecular formula is C17H30O. The zero-order valence-electron chi connectivity index (χ0n) is 12.1. The first-order valence-corrected chi connectivity index (χ1v) is 8.32. The van der Waals surface area contributed by atoms with Gasteiger partial charge in [-0.3, -0.25) is 4.79 Å². The van der Waals surface area contributed by atoms with Crippen molar-refractivity contribution in [3.63, 3.8) is 0 Å². The maximum atomic E-state index is 12.4. The predicted molar refractivity (Wildman–Crippen MR) is 76.6 cm³/mol. The lowest BCUT2D eigenvalue weighted by atomic mass is 9.76. The van der Waals surface area contributed by atoms with Crippen molar-refractivity contribution in [1.82, 2.24) is 0 Å². The summed E-state index contributed by atoms with van der Waals surface area (Å²) in [6.07, 6.45) is 15.4. The van der Waals surface area contributed by atoms with Crippen LogP contribution in [-0.4, -0.2) is 5.78 Å². The normalized spacial score (nSPS) is 30.9. The summed E-state index contributed by atoms with van der Waals surface area (Å²) in [5, 5.41) is 0. The molecule has 2 saturated carbocycles. The molecule has 0 aliphatic heterocycles. The van der Waals surface area contributed by atoms with Crippen LogP contribution in [0, 0.1) is 17.8 Å². The van der Waals surface area contributed by atoms with E-state index in [0.29, 0.717) is 11.7 Å². The van der Waals surface area contributed by atoms with E-state index in [4.69, 9.17) is 0 Å². The van der Waals surface area contributed by atoms with Crippen LogP contribution >= 0.6 is 0 Å². The molecule has 0 N–H and O–H groups in total. The quantitative estimate of drug-likeness (QED) is 0.632. The Bertz CT molecular complexity index is 250. The monoisotopic (exact) mass is 250 g/mol. The second-order valence-electron chi connectivity index (χ2n) is 6.67. The molecule has 0 radical (unpaired) electrons. The lowest BCUT2D eigenvalue weighted by molar-refractivity contribution is -0.125. The SMILES string of the molecule is CCC1CCCC(C(=O)CC2CCCCCC2)C1. The van der Waals surface area contributed by atoms with E-state index >= 15 is 0 Å². The Morgan fingerprint density at radius 3 is 2.22 bits per heavy atom. The molecule has 0 bridgehead atoms. The highest BCUT2D eigenvalue weighted by Crippen LogP contribution is 2.34. The Hall–Kier alpha value is -0.330. The molecule has 0 aromatic heterocycles. The summed E-state index contributed by atoms with van der Waals surface area (Å²) in [7, 11) is 0. The Kier molecular flexibility index (Phi) is 5.72. The summed E-state index contributed by atoms with van der Waals surface area (Å²) in [6.45, 7) is 2.28. The van der Waals surface area contributed by atoms with E-state index in [1.807, 2.05) is 0 Å². The summed E-state index contributed by atoms with van der Waals surface area (Å²) < 4.78 is 0. The zero-order valence-corrected chi connectivity index (χ0v) is 12.1. The van der Waals surface area contributed by atoms with Crippen LogP contribution in [0.5, 0.6) is 0 Å². The maximum Gasteiger partial charge on any atom is 0.136 e. The molecule has 18 heavy (non-hydrogen) atoms. The van der Waals surface area contributed by atoms with Crippen LogP contribution in [-0.2, 0) is 4.79 Å². The topological polar surface area (TPSA) is 17.1 Å². The van der Waals surface area contributed by atoms with Crippen LogP contribution in [0.1, 0.15) is 84.0 Å². The Labute approximate surface area is 113 Å². The third-order valence-electron chi connectivity index (χ3n) is 5.28. The fraction of sp³-hybridized carbons (Fsp3) is 0.941. The minimum Gasteiger partial charge on any atom is -0.299 e. The molecule has 2 fully saturated rings. The van der Waals surface area contributed by atoms with E-state index in [-0.39, 0.29) is 0 Å². The molecule has 0 aromatic carbocycles. The van der Waals surface area contributed by atoms with Gasteiger partial charge in [-0.1, -0.05) is 64.7 Å². The van der Waals surface area contributed by atoms with E-state index in [9.17, 15) is 4.79 Å². The van der Waals surface area contributed by atoms with Gasteiger partial charge < -0.3 is 0 Å². The Morgan fingerprint density at radius 1 is 0.889 bits per heavy atom. The third-order valence-corrected chi connectivity index (χ3v) is 5.28. The summed E-state index contributed by atoms with van der Waals surface area (Å²) in [5.74, 6) is 2.59. The fourth-order valence-corrected chi connectivity index (χ4v) is 3.97. The van der Waals surface area contributed by atoms with Crippen molar-refractivity contribution in [2.75, 3.05) is 0 Å². The first-order valence-electron chi connectivity index (χ1n) is 8.32. The molecule has 0 amide bonds. The summed E-state index contributed by atoms with van der Waals surface area (Å²) in [4.78, 5) is 12.4. The number of hydrogen-bond donors (Lipinski definition) is 0. The first kappa shape index (κ1) is 14.1. The van der Waals surface area contributed by atoms with Crippen molar-refractivity contribution in [1.29, 1.82) is 0 Å². The molecule has 2 rings (SSSR count). The number of hydrogen-bond acceptors (Lipinski definition) is 1. The van der Waals surface area contributed by atoms with E-state index in [0.717, 1.165) is 18.3 Å². The maximum absolute atomic E-state index is 12.4. The highest BCUT2D eigenvalue weighted by molar-refractivity contribution is 5.81. The van der Waals surface area contributed by atoms with E-state index < -0.39 is 0 Å². The van der Waals surface area contributed by atoms with Crippen LogP contribution in [0.15, 0.2) is 0 Å². The van der Waals surface area contributed by atoms with Gasteiger partial charge in [0.1, 0.15) is 5.78 Å². The highest BCUT2D eigenvalue weighted by Gasteiger charge is 2.27. The number of carbonyl (C=O) groups is 1. The fourth-order valence-electron chi connectivity index (χ4n) is 3.97. The molecule has 0 saturated heterocycles. The summed E-state index contributed by atoms with van der Waals surface area (Å²) in [6, 6.07) is 0. The molecule has 2 aliphatic carbocycles. The minimum atomic E-state index is 0.423. The van der Waals surface area contributed by atoms with Crippen LogP contribution in [0.25, 0.3) is 0 Å². The van der Waals surface area contributed by atoms with E-state index in [2.05, 4.69) is 6.92 Å². The lowest BCUT2D eigenvalue weighted by Crippen LogP contribution is -2.24. The lowest BCUT2D eigenvalue weighted by Gasteiger charge is -2.28. The smallest absolute Gasteiger partial charge is 0.136 e. The third kappa shape index (κ3) is 4.10. The number of carbonyl (C=O) groups excluding carboxylic acids is 1. The molecular weight excluding hydrogens is 220 g/mol. The second-order valence-corrected chi connectivity index (χ2v) is 6.67. The average Bonchev–Trinajstić information content (AvgIpc) is 2.67. The average molecular weight is 250 g/mol. The van der Waals surface area contributed by atoms with Crippen molar-refractivity contribution in [3.8, 4) is 0 Å². The number of ketones is 1. The largest absolute Gasteiger partial charge is 0.299 e. The van der Waals surface area contributed by atoms with Gasteiger partial charge in [0.05, 0.1) is 0 Å².